The molecule has 1 aromatic heterocycles. The number of aliphatic hydroxyl groups is 1. The first-order valence-corrected chi connectivity index (χ1v) is 7.93. The van der Waals surface area contributed by atoms with Crippen LogP contribution in [0.1, 0.15) is 30.1 Å². The van der Waals surface area contributed by atoms with Crippen LogP contribution in [0.2, 0.25) is 0 Å². The lowest BCUT2D eigenvalue weighted by atomic mass is 10.1. The summed E-state index contributed by atoms with van der Waals surface area (Å²) in [6.07, 6.45) is 5.11. The van der Waals surface area contributed by atoms with E-state index in [1.54, 1.807) is 30.6 Å². The van der Waals surface area contributed by atoms with Crippen LogP contribution in [-0.4, -0.2) is 34.7 Å². The summed E-state index contributed by atoms with van der Waals surface area (Å²) in [7, 11) is 0. The molecule has 0 spiro atoms. The van der Waals surface area contributed by atoms with Gasteiger partial charge in [0.15, 0.2) is 0 Å². The summed E-state index contributed by atoms with van der Waals surface area (Å²) in [4.78, 5) is 10.9. The Kier molecular flexibility index (Phi) is 5.15. The second-order valence-corrected chi connectivity index (χ2v) is 5.75. The molecule has 1 aliphatic heterocycles. The van der Waals surface area contributed by atoms with Gasteiger partial charge in [0.1, 0.15) is 5.82 Å². The maximum Gasteiger partial charge on any atom is 0.225 e. The van der Waals surface area contributed by atoms with Crippen LogP contribution in [0.15, 0.2) is 36.7 Å². The van der Waals surface area contributed by atoms with E-state index >= 15 is 0 Å². The minimum atomic E-state index is -0.874. The van der Waals surface area contributed by atoms with Gasteiger partial charge in [0, 0.05) is 49.7 Å². The maximum atomic E-state index is 13.6. The lowest BCUT2D eigenvalue weighted by Gasteiger charge is -2.15. The first-order chi connectivity index (χ1) is 11.2. The monoisotopic (exact) mass is 316 g/mol. The van der Waals surface area contributed by atoms with Crippen molar-refractivity contribution in [3.63, 3.8) is 0 Å². The van der Waals surface area contributed by atoms with Gasteiger partial charge in [0.25, 0.3) is 0 Å². The van der Waals surface area contributed by atoms with E-state index in [4.69, 9.17) is 0 Å². The number of anilines is 1. The quantitative estimate of drug-likeness (QED) is 0.854. The molecule has 122 valence electrons. The third kappa shape index (κ3) is 4.03. The van der Waals surface area contributed by atoms with Crippen molar-refractivity contribution in [1.82, 2.24) is 15.3 Å². The molecule has 0 saturated carbocycles. The summed E-state index contributed by atoms with van der Waals surface area (Å²) < 4.78 is 13.6. The number of hydrogen-bond donors (Lipinski definition) is 2. The van der Waals surface area contributed by atoms with Crippen molar-refractivity contribution in [1.29, 1.82) is 0 Å². The van der Waals surface area contributed by atoms with E-state index in [9.17, 15) is 9.50 Å². The van der Waals surface area contributed by atoms with E-state index in [1.807, 2.05) is 0 Å². The zero-order chi connectivity index (χ0) is 16.1. The standard InChI is InChI=1S/C17H21FN4O/c18-15-6-2-1-5-14(15)16(23)12-19-9-13-10-20-17(21-11-13)22-7-3-4-8-22/h1-2,5-6,10-11,16,19,23H,3-4,7-9,12H2. The Bertz CT molecular complexity index is 629. The van der Waals surface area contributed by atoms with E-state index < -0.39 is 6.10 Å². The molecule has 23 heavy (non-hydrogen) atoms. The zero-order valence-electron chi connectivity index (χ0n) is 13.0. The van der Waals surface area contributed by atoms with Gasteiger partial charge in [-0.05, 0) is 18.9 Å². The lowest BCUT2D eigenvalue weighted by Crippen LogP contribution is -2.23. The van der Waals surface area contributed by atoms with E-state index in [0.717, 1.165) is 24.6 Å². The molecule has 2 heterocycles. The van der Waals surface area contributed by atoms with Gasteiger partial charge < -0.3 is 15.3 Å². The molecule has 1 aliphatic rings. The summed E-state index contributed by atoms with van der Waals surface area (Å²) in [5.41, 5.74) is 1.24. The highest BCUT2D eigenvalue weighted by molar-refractivity contribution is 5.31. The van der Waals surface area contributed by atoms with Crippen LogP contribution in [-0.2, 0) is 6.54 Å². The number of rotatable bonds is 6. The highest BCUT2D eigenvalue weighted by Crippen LogP contribution is 2.16. The minimum absolute atomic E-state index is 0.273. The molecule has 1 atom stereocenters. The Balaban J connectivity index is 1.49. The highest BCUT2D eigenvalue weighted by atomic mass is 19.1. The Hall–Kier alpha value is -2.05. The van der Waals surface area contributed by atoms with Gasteiger partial charge in [-0.15, -0.1) is 0 Å². The molecule has 5 nitrogen and oxygen atoms in total. The summed E-state index contributed by atoms with van der Waals surface area (Å²) in [5, 5.41) is 13.1. The third-order valence-corrected chi connectivity index (χ3v) is 4.01. The summed E-state index contributed by atoms with van der Waals surface area (Å²) in [6.45, 7) is 2.85. The first-order valence-electron chi connectivity index (χ1n) is 7.93. The predicted molar refractivity (Wildman–Crippen MR) is 86.5 cm³/mol. The lowest BCUT2D eigenvalue weighted by molar-refractivity contribution is 0.169. The molecule has 1 unspecified atom stereocenters. The molecular weight excluding hydrogens is 295 g/mol. The smallest absolute Gasteiger partial charge is 0.225 e. The van der Waals surface area contributed by atoms with Gasteiger partial charge in [-0.3, -0.25) is 0 Å². The van der Waals surface area contributed by atoms with Crippen molar-refractivity contribution in [3.05, 3.63) is 53.6 Å². The average molecular weight is 316 g/mol. The molecule has 1 fully saturated rings. The van der Waals surface area contributed by atoms with Gasteiger partial charge in [0.2, 0.25) is 5.95 Å². The Morgan fingerprint density at radius 3 is 2.57 bits per heavy atom. The molecule has 0 aliphatic carbocycles. The number of nitrogens with zero attached hydrogens (tertiary/aromatic N) is 3. The zero-order valence-corrected chi connectivity index (χ0v) is 13.0. The fraction of sp³-hybridized carbons (Fsp3) is 0.412. The second kappa shape index (κ2) is 7.48. The summed E-state index contributed by atoms with van der Waals surface area (Å²) >= 11 is 0. The molecular formula is C17H21FN4O. The third-order valence-electron chi connectivity index (χ3n) is 4.01. The highest BCUT2D eigenvalue weighted by Gasteiger charge is 2.14. The van der Waals surface area contributed by atoms with E-state index in [1.165, 1.54) is 18.9 Å². The van der Waals surface area contributed by atoms with Crippen LogP contribution < -0.4 is 10.2 Å². The van der Waals surface area contributed by atoms with Gasteiger partial charge >= 0.3 is 0 Å². The van der Waals surface area contributed by atoms with Gasteiger partial charge in [-0.25, -0.2) is 14.4 Å². The Labute approximate surface area is 135 Å². The van der Waals surface area contributed by atoms with Crippen molar-refractivity contribution >= 4 is 5.95 Å². The number of hydrogen-bond acceptors (Lipinski definition) is 5. The molecule has 0 amide bonds. The molecule has 2 N–H and O–H groups in total. The van der Waals surface area contributed by atoms with Crippen molar-refractivity contribution < 1.29 is 9.50 Å². The molecule has 1 saturated heterocycles. The fourth-order valence-corrected chi connectivity index (χ4v) is 2.73. The number of nitrogens with one attached hydrogen (secondary N) is 1. The van der Waals surface area contributed by atoms with Crippen LogP contribution in [0.3, 0.4) is 0 Å². The number of benzene rings is 1. The predicted octanol–water partition coefficient (Wildman–Crippen LogP) is 2.04. The van der Waals surface area contributed by atoms with Crippen LogP contribution >= 0.6 is 0 Å². The average Bonchev–Trinajstić information content (AvgIpc) is 3.10. The molecule has 0 radical (unpaired) electrons. The summed E-state index contributed by atoms with van der Waals surface area (Å²) in [5.74, 6) is 0.387. The normalized spacial score (nSPS) is 15.8. The molecule has 3 rings (SSSR count). The Morgan fingerprint density at radius 1 is 1.17 bits per heavy atom. The van der Waals surface area contributed by atoms with E-state index in [2.05, 4.69) is 20.2 Å². The second-order valence-electron chi connectivity index (χ2n) is 5.75. The Morgan fingerprint density at radius 2 is 1.87 bits per heavy atom. The molecule has 6 heteroatoms. The minimum Gasteiger partial charge on any atom is -0.387 e. The van der Waals surface area contributed by atoms with Crippen LogP contribution in [0.4, 0.5) is 10.3 Å². The van der Waals surface area contributed by atoms with Crippen molar-refractivity contribution in [3.8, 4) is 0 Å². The SMILES string of the molecule is OC(CNCc1cnc(N2CCCC2)nc1)c1ccccc1F. The number of halogens is 1. The largest absolute Gasteiger partial charge is 0.387 e. The first kappa shape index (κ1) is 15.8. The van der Waals surface area contributed by atoms with Crippen LogP contribution in [0, 0.1) is 5.82 Å². The molecule has 1 aromatic carbocycles. The van der Waals surface area contributed by atoms with E-state index in [0.29, 0.717) is 12.1 Å². The topological polar surface area (TPSA) is 61.3 Å². The van der Waals surface area contributed by atoms with E-state index in [-0.39, 0.29) is 12.4 Å². The molecule has 0 bridgehead atoms. The number of aromatic nitrogens is 2. The van der Waals surface area contributed by atoms with Gasteiger partial charge in [-0.2, -0.15) is 0 Å². The maximum absolute atomic E-state index is 13.6. The van der Waals surface area contributed by atoms with Crippen molar-refractivity contribution in [2.24, 2.45) is 0 Å². The number of aliphatic hydroxyl groups excluding tert-OH is 1. The summed E-state index contributed by atoms with van der Waals surface area (Å²) in [6, 6.07) is 6.27. The molecule has 2 aromatic rings. The van der Waals surface area contributed by atoms with Crippen LogP contribution in [0.25, 0.3) is 0 Å². The fourth-order valence-electron chi connectivity index (χ4n) is 2.73. The van der Waals surface area contributed by atoms with Crippen molar-refractivity contribution in [2.45, 2.75) is 25.5 Å². The van der Waals surface area contributed by atoms with Crippen molar-refractivity contribution in [2.75, 3.05) is 24.5 Å². The van der Waals surface area contributed by atoms with Gasteiger partial charge in [-0.1, -0.05) is 18.2 Å². The van der Waals surface area contributed by atoms with Crippen LogP contribution in [0.5, 0.6) is 0 Å². The van der Waals surface area contributed by atoms with Gasteiger partial charge in [0.05, 0.1) is 6.10 Å².